The zero-order valence-corrected chi connectivity index (χ0v) is 10.8. The Morgan fingerprint density at radius 3 is 2.83 bits per heavy atom. The number of nitrogens with zero attached hydrogens (tertiary/aromatic N) is 2. The molecule has 2 aromatic rings. The number of rotatable bonds is 2. The molecule has 0 atom stereocenters. The van der Waals surface area contributed by atoms with Gasteiger partial charge in [0.1, 0.15) is 0 Å². The minimum Gasteiger partial charge on any atom is -0.317 e. The first-order valence-corrected chi connectivity index (χ1v) is 6.65. The van der Waals surface area contributed by atoms with Crippen molar-refractivity contribution in [3.63, 3.8) is 0 Å². The van der Waals surface area contributed by atoms with Gasteiger partial charge in [0.05, 0.1) is 12.2 Å². The number of piperidine rings is 1. The summed E-state index contributed by atoms with van der Waals surface area (Å²) in [5.41, 5.74) is 3.77. The van der Waals surface area contributed by atoms with E-state index in [1.165, 1.54) is 29.5 Å². The second-order valence-electron chi connectivity index (χ2n) is 5.06. The van der Waals surface area contributed by atoms with E-state index in [9.17, 15) is 0 Å². The average Bonchev–Trinajstić information content (AvgIpc) is 2.89. The Labute approximate surface area is 108 Å². The topological polar surface area (TPSA) is 29.9 Å². The van der Waals surface area contributed by atoms with Gasteiger partial charge in [-0.15, -0.1) is 0 Å². The molecule has 18 heavy (non-hydrogen) atoms. The molecule has 1 fully saturated rings. The molecule has 0 radical (unpaired) electrons. The van der Waals surface area contributed by atoms with Gasteiger partial charge < -0.3 is 5.32 Å². The molecule has 0 bridgehead atoms. The lowest BCUT2D eigenvalue weighted by molar-refractivity contribution is 0.343. The van der Waals surface area contributed by atoms with Crippen LogP contribution in [-0.4, -0.2) is 22.9 Å². The highest BCUT2D eigenvalue weighted by molar-refractivity contribution is 5.62. The normalized spacial score (nSPS) is 16.9. The van der Waals surface area contributed by atoms with Gasteiger partial charge in [0.25, 0.3) is 0 Å². The summed E-state index contributed by atoms with van der Waals surface area (Å²) in [5.74, 6) is 0. The van der Waals surface area contributed by atoms with Crippen LogP contribution in [0.3, 0.4) is 0 Å². The van der Waals surface area contributed by atoms with E-state index < -0.39 is 0 Å². The van der Waals surface area contributed by atoms with Crippen molar-refractivity contribution in [2.45, 2.75) is 25.8 Å². The first kappa shape index (κ1) is 11.5. The van der Waals surface area contributed by atoms with Crippen LogP contribution in [-0.2, 0) is 0 Å². The maximum atomic E-state index is 4.53. The number of hydrogen-bond acceptors (Lipinski definition) is 2. The molecule has 3 nitrogen and oxygen atoms in total. The van der Waals surface area contributed by atoms with Gasteiger partial charge in [0.15, 0.2) is 0 Å². The largest absolute Gasteiger partial charge is 0.317 e. The number of aryl methyl sites for hydroxylation is 1. The zero-order chi connectivity index (χ0) is 12.4. The maximum Gasteiger partial charge on any atom is 0.0568 e. The maximum absolute atomic E-state index is 4.53. The molecule has 0 amide bonds. The Hall–Kier alpha value is -1.61. The van der Waals surface area contributed by atoms with Crippen molar-refractivity contribution in [2.75, 3.05) is 13.1 Å². The standard InChI is InChI=1S/C15H19N3/c1-12-3-2-4-13(9-12)14-10-17-18(11-14)15-5-7-16-8-6-15/h2-4,9-11,15-16H,5-8H2,1H3. The quantitative estimate of drug-likeness (QED) is 0.876. The van der Waals surface area contributed by atoms with Crippen molar-refractivity contribution in [3.8, 4) is 11.1 Å². The molecule has 1 aliphatic heterocycles. The summed E-state index contributed by atoms with van der Waals surface area (Å²) >= 11 is 0. The van der Waals surface area contributed by atoms with Crippen LogP contribution in [0.15, 0.2) is 36.7 Å². The molecule has 1 aromatic carbocycles. The first-order valence-electron chi connectivity index (χ1n) is 6.65. The second-order valence-corrected chi connectivity index (χ2v) is 5.06. The lowest BCUT2D eigenvalue weighted by atomic mass is 10.1. The second kappa shape index (κ2) is 4.94. The summed E-state index contributed by atoms with van der Waals surface area (Å²) in [6, 6.07) is 9.15. The molecule has 3 rings (SSSR count). The van der Waals surface area contributed by atoms with E-state index in [0.717, 1.165) is 13.1 Å². The summed E-state index contributed by atoms with van der Waals surface area (Å²) in [6.07, 6.45) is 6.52. The van der Waals surface area contributed by atoms with Crippen LogP contribution in [0.1, 0.15) is 24.4 Å². The number of benzene rings is 1. The molecule has 0 unspecified atom stereocenters. The molecule has 1 aliphatic rings. The van der Waals surface area contributed by atoms with Crippen LogP contribution in [0.5, 0.6) is 0 Å². The monoisotopic (exact) mass is 241 g/mol. The van der Waals surface area contributed by atoms with E-state index in [4.69, 9.17) is 0 Å². The van der Waals surface area contributed by atoms with Crippen LogP contribution in [0.4, 0.5) is 0 Å². The van der Waals surface area contributed by atoms with E-state index in [0.29, 0.717) is 6.04 Å². The van der Waals surface area contributed by atoms with Gasteiger partial charge in [-0.05, 0) is 38.4 Å². The molecule has 3 heteroatoms. The Morgan fingerprint density at radius 2 is 2.06 bits per heavy atom. The number of nitrogens with one attached hydrogen (secondary N) is 1. The Balaban J connectivity index is 1.84. The Bertz CT molecular complexity index is 524. The predicted molar refractivity (Wildman–Crippen MR) is 73.5 cm³/mol. The Morgan fingerprint density at radius 1 is 1.22 bits per heavy atom. The fraction of sp³-hybridized carbons (Fsp3) is 0.400. The number of hydrogen-bond donors (Lipinski definition) is 1. The van der Waals surface area contributed by atoms with Crippen LogP contribution >= 0.6 is 0 Å². The summed E-state index contributed by atoms with van der Waals surface area (Å²) in [5, 5.41) is 7.92. The van der Waals surface area contributed by atoms with Crippen LogP contribution in [0, 0.1) is 6.92 Å². The van der Waals surface area contributed by atoms with E-state index in [1.807, 2.05) is 6.20 Å². The van der Waals surface area contributed by atoms with Gasteiger partial charge in [-0.3, -0.25) is 4.68 Å². The lowest BCUT2D eigenvalue weighted by Crippen LogP contribution is -2.29. The van der Waals surface area contributed by atoms with Crippen molar-refractivity contribution < 1.29 is 0 Å². The van der Waals surface area contributed by atoms with Crippen LogP contribution in [0.25, 0.3) is 11.1 Å². The minimum absolute atomic E-state index is 0.560. The van der Waals surface area contributed by atoms with Gasteiger partial charge in [-0.25, -0.2) is 0 Å². The molecule has 2 heterocycles. The lowest BCUT2D eigenvalue weighted by Gasteiger charge is -2.22. The Kier molecular flexibility index (Phi) is 3.15. The fourth-order valence-corrected chi connectivity index (χ4v) is 2.58. The SMILES string of the molecule is Cc1cccc(-c2cnn(C3CCNCC3)c2)c1. The number of aromatic nitrogens is 2. The van der Waals surface area contributed by atoms with Crippen molar-refractivity contribution in [1.29, 1.82) is 0 Å². The fourth-order valence-electron chi connectivity index (χ4n) is 2.58. The highest BCUT2D eigenvalue weighted by Crippen LogP contribution is 2.23. The van der Waals surface area contributed by atoms with Gasteiger partial charge >= 0.3 is 0 Å². The van der Waals surface area contributed by atoms with E-state index >= 15 is 0 Å². The van der Waals surface area contributed by atoms with E-state index in [2.05, 4.69) is 52.5 Å². The van der Waals surface area contributed by atoms with Crippen LogP contribution in [0.2, 0.25) is 0 Å². The van der Waals surface area contributed by atoms with Crippen LogP contribution < -0.4 is 5.32 Å². The molecular weight excluding hydrogens is 222 g/mol. The smallest absolute Gasteiger partial charge is 0.0568 e. The van der Waals surface area contributed by atoms with Crippen molar-refractivity contribution in [3.05, 3.63) is 42.2 Å². The van der Waals surface area contributed by atoms with Crippen molar-refractivity contribution in [1.82, 2.24) is 15.1 Å². The zero-order valence-electron chi connectivity index (χ0n) is 10.8. The van der Waals surface area contributed by atoms with Gasteiger partial charge in [-0.1, -0.05) is 29.8 Å². The molecule has 1 N–H and O–H groups in total. The van der Waals surface area contributed by atoms with Gasteiger partial charge in [-0.2, -0.15) is 5.10 Å². The molecule has 1 saturated heterocycles. The summed E-state index contributed by atoms with van der Waals surface area (Å²) in [4.78, 5) is 0. The molecule has 0 saturated carbocycles. The van der Waals surface area contributed by atoms with Gasteiger partial charge in [0, 0.05) is 11.8 Å². The third-order valence-electron chi connectivity index (χ3n) is 3.64. The highest BCUT2D eigenvalue weighted by atomic mass is 15.3. The predicted octanol–water partition coefficient (Wildman–Crippen LogP) is 2.78. The molecule has 0 spiro atoms. The summed E-state index contributed by atoms with van der Waals surface area (Å²) < 4.78 is 2.14. The average molecular weight is 241 g/mol. The van der Waals surface area contributed by atoms with Gasteiger partial charge in [0.2, 0.25) is 0 Å². The third kappa shape index (κ3) is 2.31. The minimum atomic E-state index is 0.560. The van der Waals surface area contributed by atoms with E-state index in [1.54, 1.807) is 0 Å². The molecule has 94 valence electrons. The van der Waals surface area contributed by atoms with Crippen molar-refractivity contribution >= 4 is 0 Å². The van der Waals surface area contributed by atoms with Crippen molar-refractivity contribution in [2.24, 2.45) is 0 Å². The highest BCUT2D eigenvalue weighted by Gasteiger charge is 2.15. The first-order chi connectivity index (χ1) is 8.83. The van der Waals surface area contributed by atoms with E-state index in [-0.39, 0.29) is 0 Å². The summed E-state index contributed by atoms with van der Waals surface area (Å²) in [6.45, 7) is 4.33. The molecular formula is C15H19N3. The molecule has 1 aromatic heterocycles. The third-order valence-corrected chi connectivity index (χ3v) is 3.64. The molecule has 0 aliphatic carbocycles. The summed E-state index contributed by atoms with van der Waals surface area (Å²) in [7, 11) is 0.